The lowest BCUT2D eigenvalue weighted by Crippen LogP contribution is -1.88. The maximum Gasteiger partial charge on any atom is 0.0559 e. The van der Waals surface area contributed by atoms with Crippen molar-refractivity contribution in [1.29, 1.82) is 0 Å². The summed E-state index contributed by atoms with van der Waals surface area (Å²) in [6, 6.07) is 1.95. The minimum absolute atomic E-state index is 0.919. The molecule has 0 saturated heterocycles. The van der Waals surface area contributed by atoms with E-state index < -0.39 is 0 Å². The SMILES string of the molecule is Cc1cncc(SON)c1. The van der Waals surface area contributed by atoms with Crippen LogP contribution in [0.15, 0.2) is 23.4 Å². The average Bonchev–Trinajstić information content (AvgIpc) is 1.88. The van der Waals surface area contributed by atoms with Crippen molar-refractivity contribution in [3.63, 3.8) is 0 Å². The molecular weight excluding hydrogens is 148 g/mol. The number of nitrogens with zero attached hydrogens (tertiary/aromatic N) is 1. The van der Waals surface area contributed by atoms with Crippen molar-refractivity contribution in [1.82, 2.24) is 4.98 Å². The van der Waals surface area contributed by atoms with E-state index in [2.05, 4.69) is 9.27 Å². The molecule has 0 atom stereocenters. The first kappa shape index (κ1) is 7.53. The van der Waals surface area contributed by atoms with Crippen LogP contribution in [0.5, 0.6) is 0 Å². The predicted octanol–water partition coefficient (Wildman–Crippen LogP) is 1.29. The van der Waals surface area contributed by atoms with Gasteiger partial charge in [-0.2, -0.15) is 0 Å². The third-order valence-corrected chi connectivity index (χ3v) is 1.51. The Morgan fingerprint density at radius 1 is 1.60 bits per heavy atom. The first-order valence-electron chi connectivity index (χ1n) is 2.78. The third-order valence-electron chi connectivity index (χ3n) is 0.994. The lowest BCUT2D eigenvalue weighted by atomic mass is 10.3. The largest absolute Gasteiger partial charge is 0.263 e. The molecule has 10 heavy (non-hydrogen) atoms. The Morgan fingerprint density at radius 2 is 2.40 bits per heavy atom. The van der Waals surface area contributed by atoms with Gasteiger partial charge in [0.05, 0.1) is 16.9 Å². The van der Waals surface area contributed by atoms with E-state index in [9.17, 15) is 0 Å². The van der Waals surface area contributed by atoms with Crippen LogP contribution in [0.25, 0.3) is 0 Å². The highest BCUT2D eigenvalue weighted by Gasteiger charge is 1.92. The molecule has 2 N–H and O–H groups in total. The predicted molar refractivity (Wildman–Crippen MR) is 40.1 cm³/mol. The van der Waals surface area contributed by atoms with Gasteiger partial charge in [-0.15, -0.1) is 0 Å². The minimum atomic E-state index is 0.919. The van der Waals surface area contributed by atoms with E-state index in [1.54, 1.807) is 12.4 Å². The standard InChI is InChI=1S/C6H8N2OS/c1-5-2-6(10-9-7)4-8-3-5/h2-4H,7H2,1H3. The van der Waals surface area contributed by atoms with Crippen molar-refractivity contribution in [2.24, 2.45) is 5.90 Å². The fourth-order valence-electron chi connectivity index (χ4n) is 0.628. The summed E-state index contributed by atoms with van der Waals surface area (Å²) in [4.78, 5) is 4.87. The van der Waals surface area contributed by atoms with Gasteiger partial charge in [0.1, 0.15) is 0 Å². The summed E-state index contributed by atoms with van der Waals surface area (Å²) in [5.41, 5.74) is 1.10. The second-order valence-corrected chi connectivity index (χ2v) is 2.71. The summed E-state index contributed by atoms with van der Waals surface area (Å²) in [5, 5.41) is 0. The number of hydrogen-bond acceptors (Lipinski definition) is 4. The quantitative estimate of drug-likeness (QED) is 0.517. The molecule has 0 fully saturated rings. The number of pyridine rings is 1. The number of hydrogen-bond donors (Lipinski definition) is 1. The van der Waals surface area contributed by atoms with Gasteiger partial charge in [0.25, 0.3) is 0 Å². The first-order valence-corrected chi connectivity index (χ1v) is 3.52. The number of rotatable bonds is 2. The van der Waals surface area contributed by atoms with E-state index in [-0.39, 0.29) is 0 Å². The maximum atomic E-state index is 4.85. The Morgan fingerprint density at radius 3 is 3.00 bits per heavy atom. The van der Waals surface area contributed by atoms with Crippen LogP contribution in [0, 0.1) is 6.92 Å². The van der Waals surface area contributed by atoms with E-state index in [1.165, 1.54) is 0 Å². The van der Waals surface area contributed by atoms with Gasteiger partial charge in [-0.3, -0.25) is 4.98 Å². The van der Waals surface area contributed by atoms with E-state index >= 15 is 0 Å². The normalized spacial score (nSPS) is 9.80. The number of aryl methyl sites for hydroxylation is 1. The Hall–Kier alpha value is -0.580. The molecule has 0 aliphatic rings. The lowest BCUT2D eigenvalue weighted by molar-refractivity contribution is 0.398. The van der Waals surface area contributed by atoms with Gasteiger partial charge in [0, 0.05) is 12.4 Å². The molecular formula is C6H8N2OS. The van der Waals surface area contributed by atoms with Crippen LogP contribution in [0.1, 0.15) is 5.56 Å². The summed E-state index contributed by atoms with van der Waals surface area (Å²) in [6.07, 6.45) is 3.48. The zero-order chi connectivity index (χ0) is 7.40. The van der Waals surface area contributed by atoms with E-state index in [4.69, 9.17) is 5.90 Å². The van der Waals surface area contributed by atoms with Gasteiger partial charge in [-0.25, -0.2) is 10.2 Å². The Balaban J connectivity index is 2.75. The van der Waals surface area contributed by atoms with Crippen molar-refractivity contribution in [2.45, 2.75) is 11.8 Å². The van der Waals surface area contributed by atoms with Crippen LogP contribution < -0.4 is 5.90 Å². The molecule has 1 aromatic heterocycles. The van der Waals surface area contributed by atoms with Crippen LogP contribution in [0.3, 0.4) is 0 Å². The zero-order valence-corrected chi connectivity index (χ0v) is 6.39. The fraction of sp³-hybridized carbons (Fsp3) is 0.167. The highest BCUT2D eigenvalue weighted by molar-refractivity contribution is 7.94. The number of aromatic nitrogens is 1. The fourth-order valence-corrected chi connectivity index (χ4v) is 1.08. The molecule has 0 amide bonds. The topological polar surface area (TPSA) is 48.1 Å². The lowest BCUT2D eigenvalue weighted by Gasteiger charge is -1.95. The summed E-state index contributed by atoms with van der Waals surface area (Å²) < 4.78 is 4.36. The number of nitrogens with two attached hydrogens (primary N) is 1. The molecule has 1 heterocycles. The van der Waals surface area contributed by atoms with Gasteiger partial charge in [-0.1, -0.05) is 0 Å². The highest BCUT2D eigenvalue weighted by atomic mass is 32.2. The van der Waals surface area contributed by atoms with Crippen LogP contribution in [-0.2, 0) is 4.28 Å². The Kier molecular flexibility index (Phi) is 2.68. The Labute approximate surface area is 63.8 Å². The molecule has 0 aliphatic heterocycles. The monoisotopic (exact) mass is 156 g/mol. The van der Waals surface area contributed by atoms with Gasteiger partial charge in [0.2, 0.25) is 0 Å². The van der Waals surface area contributed by atoms with E-state index in [0.717, 1.165) is 22.5 Å². The van der Waals surface area contributed by atoms with Crippen molar-refractivity contribution in [3.05, 3.63) is 24.0 Å². The molecule has 4 heteroatoms. The smallest absolute Gasteiger partial charge is 0.0559 e. The van der Waals surface area contributed by atoms with Crippen LogP contribution in [0.4, 0.5) is 0 Å². The molecule has 0 aliphatic carbocycles. The van der Waals surface area contributed by atoms with E-state index in [1.807, 2.05) is 13.0 Å². The van der Waals surface area contributed by atoms with Crippen LogP contribution in [-0.4, -0.2) is 4.98 Å². The van der Waals surface area contributed by atoms with Crippen LogP contribution >= 0.6 is 12.0 Å². The third kappa shape index (κ3) is 1.98. The second-order valence-electron chi connectivity index (χ2n) is 1.88. The summed E-state index contributed by atoms with van der Waals surface area (Å²) in [7, 11) is 0. The van der Waals surface area contributed by atoms with Gasteiger partial charge >= 0.3 is 0 Å². The molecule has 1 rings (SSSR count). The molecule has 3 nitrogen and oxygen atoms in total. The maximum absolute atomic E-state index is 4.85. The van der Waals surface area contributed by atoms with Crippen molar-refractivity contribution < 1.29 is 4.28 Å². The summed E-state index contributed by atoms with van der Waals surface area (Å²) in [6.45, 7) is 1.97. The molecule has 0 aromatic carbocycles. The molecule has 0 radical (unpaired) electrons. The summed E-state index contributed by atoms with van der Waals surface area (Å²) >= 11 is 1.10. The van der Waals surface area contributed by atoms with Gasteiger partial charge < -0.3 is 0 Å². The summed E-state index contributed by atoms with van der Waals surface area (Å²) in [5.74, 6) is 4.85. The van der Waals surface area contributed by atoms with Crippen molar-refractivity contribution in [3.8, 4) is 0 Å². The molecule has 0 saturated carbocycles. The first-order chi connectivity index (χ1) is 4.83. The average molecular weight is 156 g/mol. The molecule has 54 valence electrons. The second kappa shape index (κ2) is 3.55. The van der Waals surface area contributed by atoms with Crippen molar-refractivity contribution >= 4 is 12.0 Å². The van der Waals surface area contributed by atoms with Crippen molar-refractivity contribution in [2.75, 3.05) is 0 Å². The highest BCUT2D eigenvalue weighted by Crippen LogP contribution is 2.15. The molecule has 0 unspecified atom stereocenters. The van der Waals surface area contributed by atoms with Crippen LogP contribution in [0.2, 0.25) is 0 Å². The molecule has 1 aromatic rings. The van der Waals surface area contributed by atoms with Gasteiger partial charge in [0.15, 0.2) is 0 Å². The van der Waals surface area contributed by atoms with E-state index in [0.29, 0.717) is 0 Å². The van der Waals surface area contributed by atoms with Gasteiger partial charge in [-0.05, 0) is 18.6 Å². The Bertz CT molecular complexity index is 217. The zero-order valence-electron chi connectivity index (χ0n) is 5.57. The molecule has 0 bridgehead atoms. The molecule has 0 spiro atoms. The minimum Gasteiger partial charge on any atom is -0.263 e.